The first-order chi connectivity index (χ1) is 10.5. The molecule has 0 aromatic heterocycles. The third-order valence-electron chi connectivity index (χ3n) is 2.99. The molecule has 0 radical (unpaired) electrons. The van der Waals surface area contributed by atoms with Crippen LogP contribution in [0.4, 0.5) is 0 Å². The molecule has 0 amide bonds. The summed E-state index contributed by atoms with van der Waals surface area (Å²) in [5.74, 6) is 0. The zero-order valence-corrected chi connectivity index (χ0v) is 14.0. The SMILES string of the molecule is N#CC(C#N)=c1cc(Br)cc2c(=C(C#N)C#N)cc(Br)c-2c1. The Morgan fingerprint density at radius 1 is 0.727 bits per heavy atom. The van der Waals surface area contributed by atoms with Crippen LogP contribution in [0.2, 0.25) is 0 Å². The summed E-state index contributed by atoms with van der Waals surface area (Å²) in [6.07, 6.45) is 0. The normalized spacial score (nSPS) is 9.18. The van der Waals surface area contributed by atoms with Gasteiger partial charge in [0, 0.05) is 19.4 Å². The van der Waals surface area contributed by atoms with Gasteiger partial charge >= 0.3 is 0 Å². The van der Waals surface area contributed by atoms with Crippen LogP contribution in [0, 0.1) is 45.3 Å². The van der Waals surface area contributed by atoms with E-state index in [1.54, 1.807) is 24.3 Å². The molecule has 0 fully saturated rings. The van der Waals surface area contributed by atoms with Crippen molar-refractivity contribution in [1.29, 1.82) is 21.0 Å². The van der Waals surface area contributed by atoms with E-state index in [-0.39, 0.29) is 11.1 Å². The van der Waals surface area contributed by atoms with E-state index < -0.39 is 0 Å². The molecule has 0 atom stereocenters. The highest BCUT2D eigenvalue weighted by Gasteiger charge is 2.13. The molecule has 2 aliphatic carbocycles. The fourth-order valence-corrected chi connectivity index (χ4v) is 3.07. The molecule has 2 aliphatic rings. The van der Waals surface area contributed by atoms with Crippen molar-refractivity contribution in [2.75, 3.05) is 0 Å². The van der Waals surface area contributed by atoms with Crippen LogP contribution in [0.1, 0.15) is 0 Å². The van der Waals surface area contributed by atoms with Gasteiger partial charge < -0.3 is 0 Å². The van der Waals surface area contributed by atoms with Gasteiger partial charge in [0.15, 0.2) is 0 Å². The van der Waals surface area contributed by atoms with Crippen molar-refractivity contribution in [3.05, 3.63) is 43.6 Å². The Labute approximate surface area is 143 Å². The quantitative estimate of drug-likeness (QED) is 0.665. The average molecular weight is 412 g/mol. The van der Waals surface area contributed by atoms with Crippen LogP contribution in [0.5, 0.6) is 0 Å². The van der Waals surface area contributed by atoms with E-state index >= 15 is 0 Å². The lowest BCUT2D eigenvalue weighted by Crippen LogP contribution is -2.03. The summed E-state index contributed by atoms with van der Waals surface area (Å²) in [5, 5.41) is 37.2. The molecule has 6 heteroatoms. The summed E-state index contributed by atoms with van der Waals surface area (Å²) < 4.78 is 1.31. The molecule has 0 N–H and O–H groups in total. The van der Waals surface area contributed by atoms with Gasteiger partial charge in [-0.3, -0.25) is 0 Å². The fraction of sp³-hybridized carbons (Fsp3) is 0. The number of rotatable bonds is 0. The third kappa shape index (κ3) is 2.72. The van der Waals surface area contributed by atoms with Gasteiger partial charge in [0.25, 0.3) is 0 Å². The van der Waals surface area contributed by atoms with Crippen LogP contribution in [0.15, 0.2) is 33.2 Å². The van der Waals surface area contributed by atoms with Crippen molar-refractivity contribution in [2.45, 2.75) is 0 Å². The molecule has 0 saturated heterocycles. The van der Waals surface area contributed by atoms with Crippen LogP contribution in [0.3, 0.4) is 0 Å². The van der Waals surface area contributed by atoms with Gasteiger partial charge in [-0.15, -0.1) is 0 Å². The molecule has 4 nitrogen and oxygen atoms in total. The van der Waals surface area contributed by atoms with Crippen LogP contribution < -0.4 is 10.4 Å². The number of hydrogen-bond donors (Lipinski definition) is 0. The first-order valence-corrected chi connectivity index (χ1v) is 7.42. The van der Waals surface area contributed by atoms with E-state index in [4.69, 9.17) is 21.0 Å². The molecule has 0 aromatic rings. The molecule has 0 heterocycles. The number of nitriles is 4. The standard InChI is InChI=1S/C16H4Br2N4/c17-12-1-9(10(5-19)6-20)2-15-14(3-12)13(4-16(15)18)11(7-21)8-22/h1-4H. The maximum absolute atomic E-state index is 9.07. The van der Waals surface area contributed by atoms with Crippen molar-refractivity contribution in [3.63, 3.8) is 0 Å². The van der Waals surface area contributed by atoms with E-state index in [2.05, 4.69) is 31.9 Å². The van der Waals surface area contributed by atoms with Crippen molar-refractivity contribution >= 4 is 43.0 Å². The minimum Gasteiger partial charge on any atom is -0.192 e. The van der Waals surface area contributed by atoms with Crippen LogP contribution in [0.25, 0.3) is 22.3 Å². The highest BCUT2D eigenvalue weighted by Crippen LogP contribution is 2.29. The summed E-state index contributed by atoms with van der Waals surface area (Å²) >= 11 is 6.75. The topological polar surface area (TPSA) is 95.2 Å². The maximum atomic E-state index is 9.07. The second-order valence-electron chi connectivity index (χ2n) is 4.20. The molecular formula is C16H4Br2N4. The van der Waals surface area contributed by atoms with E-state index in [9.17, 15) is 0 Å². The van der Waals surface area contributed by atoms with Crippen molar-refractivity contribution in [2.24, 2.45) is 0 Å². The largest absolute Gasteiger partial charge is 0.192 e. The summed E-state index contributed by atoms with van der Waals surface area (Å²) in [4.78, 5) is 0. The zero-order chi connectivity index (χ0) is 16.3. The Balaban J connectivity index is 3.09. The first kappa shape index (κ1) is 15.7. The first-order valence-electron chi connectivity index (χ1n) is 5.83. The molecule has 102 valence electrons. The van der Waals surface area contributed by atoms with Crippen molar-refractivity contribution in [3.8, 4) is 35.4 Å². The smallest absolute Gasteiger partial charge is 0.137 e. The summed E-state index contributed by atoms with van der Waals surface area (Å²) in [7, 11) is 0. The van der Waals surface area contributed by atoms with Crippen molar-refractivity contribution < 1.29 is 0 Å². The van der Waals surface area contributed by atoms with Gasteiger partial charge in [0.2, 0.25) is 0 Å². The lowest BCUT2D eigenvalue weighted by atomic mass is 10.1. The molecule has 0 saturated carbocycles. The molecule has 22 heavy (non-hydrogen) atoms. The Hall–Kier alpha value is -2.64. The van der Waals surface area contributed by atoms with Gasteiger partial charge in [0.05, 0.1) is 0 Å². The summed E-state index contributed by atoms with van der Waals surface area (Å²) in [5.41, 5.74) is 1.37. The maximum Gasteiger partial charge on any atom is 0.137 e. The van der Waals surface area contributed by atoms with E-state index in [1.807, 2.05) is 24.3 Å². The molecule has 0 aromatic carbocycles. The lowest BCUT2D eigenvalue weighted by Gasteiger charge is -1.93. The monoisotopic (exact) mass is 410 g/mol. The Kier molecular flexibility index (Phi) is 4.59. The van der Waals surface area contributed by atoms with Crippen molar-refractivity contribution in [1.82, 2.24) is 0 Å². The minimum atomic E-state index is -0.0161. The van der Waals surface area contributed by atoms with Gasteiger partial charge in [-0.05, 0) is 35.4 Å². The van der Waals surface area contributed by atoms with Gasteiger partial charge in [0.1, 0.15) is 35.4 Å². The molecule has 0 unspecified atom stereocenters. The van der Waals surface area contributed by atoms with Crippen LogP contribution >= 0.6 is 31.9 Å². The number of halogens is 2. The molecule has 2 rings (SSSR count). The van der Waals surface area contributed by atoms with E-state index in [1.165, 1.54) is 0 Å². The van der Waals surface area contributed by atoms with E-state index in [0.29, 0.717) is 30.5 Å². The Morgan fingerprint density at radius 2 is 1.32 bits per heavy atom. The molecule has 0 bridgehead atoms. The summed E-state index contributed by atoms with van der Waals surface area (Å²) in [6.45, 7) is 0. The highest BCUT2D eigenvalue weighted by atomic mass is 79.9. The third-order valence-corrected chi connectivity index (χ3v) is 4.10. The Bertz CT molecular complexity index is 1010. The van der Waals surface area contributed by atoms with Crippen LogP contribution in [-0.2, 0) is 0 Å². The predicted octanol–water partition coefficient (Wildman–Crippen LogP) is 2.71. The molecule has 0 spiro atoms. The predicted molar refractivity (Wildman–Crippen MR) is 87.0 cm³/mol. The minimum absolute atomic E-state index is 0.000111. The molecule has 0 aliphatic heterocycles. The average Bonchev–Trinajstić information content (AvgIpc) is 2.69. The van der Waals surface area contributed by atoms with Gasteiger partial charge in [-0.1, -0.05) is 31.9 Å². The second-order valence-corrected chi connectivity index (χ2v) is 5.97. The zero-order valence-electron chi connectivity index (χ0n) is 10.9. The van der Waals surface area contributed by atoms with Crippen LogP contribution in [-0.4, -0.2) is 0 Å². The Morgan fingerprint density at radius 3 is 1.86 bits per heavy atom. The number of fused-ring (bicyclic) bond motifs is 1. The van der Waals surface area contributed by atoms with E-state index in [0.717, 1.165) is 0 Å². The fourth-order valence-electron chi connectivity index (χ4n) is 2.03. The lowest BCUT2D eigenvalue weighted by molar-refractivity contribution is 1.49. The number of nitrogens with zero attached hydrogens (tertiary/aromatic N) is 4. The van der Waals surface area contributed by atoms with Gasteiger partial charge in [-0.2, -0.15) is 21.0 Å². The number of hydrogen-bond acceptors (Lipinski definition) is 4. The highest BCUT2D eigenvalue weighted by molar-refractivity contribution is 9.10. The van der Waals surface area contributed by atoms with Gasteiger partial charge in [-0.25, -0.2) is 0 Å². The second kappa shape index (κ2) is 6.42. The molecular weight excluding hydrogens is 408 g/mol. The summed E-state index contributed by atoms with van der Waals surface area (Å²) in [6, 6.07) is 14.2.